The summed E-state index contributed by atoms with van der Waals surface area (Å²) in [5, 5.41) is 3.10. The molecule has 1 unspecified atom stereocenters. The third-order valence-corrected chi connectivity index (χ3v) is 3.92. The molecule has 1 fully saturated rings. The number of carbonyl (C=O) groups is 1. The van der Waals surface area contributed by atoms with Crippen molar-refractivity contribution in [1.82, 2.24) is 5.32 Å². The lowest BCUT2D eigenvalue weighted by Crippen LogP contribution is -2.53. The summed E-state index contributed by atoms with van der Waals surface area (Å²) in [4.78, 5) is 12.4. The lowest BCUT2D eigenvalue weighted by atomic mass is 9.96. The van der Waals surface area contributed by atoms with Crippen molar-refractivity contribution in [3.63, 3.8) is 0 Å². The fourth-order valence-corrected chi connectivity index (χ4v) is 2.78. The topological polar surface area (TPSA) is 64.3 Å². The average molecular weight is 299 g/mol. The molecule has 0 radical (unpaired) electrons. The third-order valence-electron chi connectivity index (χ3n) is 3.92. The van der Waals surface area contributed by atoms with E-state index in [2.05, 4.69) is 5.32 Å². The number of hydrogen-bond donors (Lipinski definition) is 2. The first-order valence-electron chi connectivity index (χ1n) is 6.81. The van der Waals surface area contributed by atoms with Crippen LogP contribution in [0.2, 0.25) is 0 Å². The lowest BCUT2D eigenvalue weighted by Gasteiger charge is -2.30. The summed E-state index contributed by atoms with van der Waals surface area (Å²) >= 11 is 0. The fraction of sp³-hybridized carbons (Fsp3) is 0.533. The van der Waals surface area contributed by atoms with Crippen molar-refractivity contribution < 1.29 is 9.53 Å². The zero-order valence-electron chi connectivity index (χ0n) is 11.8. The van der Waals surface area contributed by atoms with E-state index in [9.17, 15) is 4.79 Å². The molecule has 1 amide bonds. The molecule has 3 N–H and O–H groups in total. The summed E-state index contributed by atoms with van der Waals surface area (Å²) in [6.07, 6.45) is 3.60. The number of rotatable bonds is 5. The van der Waals surface area contributed by atoms with Crippen LogP contribution in [0.5, 0.6) is 0 Å². The smallest absolute Gasteiger partial charge is 0.254 e. The second-order valence-electron chi connectivity index (χ2n) is 5.21. The normalized spacial score (nSPS) is 18.1. The van der Waals surface area contributed by atoms with Gasteiger partial charge in [0.1, 0.15) is 0 Å². The van der Waals surface area contributed by atoms with Crippen LogP contribution in [0.25, 0.3) is 0 Å². The molecule has 0 heterocycles. The van der Waals surface area contributed by atoms with Gasteiger partial charge in [0.2, 0.25) is 0 Å². The van der Waals surface area contributed by atoms with E-state index in [1.165, 1.54) is 0 Å². The molecule has 5 heteroatoms. The molecule has 0 spiro atoms. The van der Waals surface area contributed by atoms with E-state index in [1.54, 1.807) is 7.11 Å². The van der Waals surface area contributed by atoms with Crippen LogP contribution in [-0.4, -0.2) is 25.1 Å². The van der Waals surface area contributed by atoms with Gasteiger partial charge >= 0.3 is 0 Å². The molecule has 112 valence electrons. The molecule has 1 aliphatic carbocycles. The van der Waals surface area contributed by atoms with Gasteiger partial charge in [-0.25, -0.2) is 0 Å². The molecule has 1 aliphatic rings. The zero-order chi connectivity index (χ0) is 13.7. The van der Waals surface area contributed by atoms with Crippen LogP contribution in [0, 0.1) is 0 Å². The maximum Gasteiger partial charge on any atom is 0.254 e. The SMILES string of the molecule is COC(C(=O)NC1(CN)CCCC1)c1ccccc1.Cl. The van der Waals surface area contributed by atoms with Gasteiger partial charge in [-0.15, -0.1) is 12.4 Å². The highest BCUT2D eigenvalue weighted by atomic mass is 35.5. The van der Waals surface area contributed by atoms with Gasteiger partial charge in [-0.2, -0.15) is 0 Å². The number of halogens is 1. The number of benzene rings is 1. The minimum atomic E-state index is -0.565. The highest BCUT2D eigenvalue weighted by Gasteiger charge is 2.36. The number of amides is 1. The molecule has 2 rings (SSSR count). The predicted molar refractivity (Wildman–Crippen MR) is 81.8 cm³/mol. The van der Waals surface area contributed by atoms with Crippen molar-refractivity contribution in [2.24, 2.45) is 5.73 Å². The molecule has 0 bridgehead atoms. The Morgan fingerprint density at radius 1 is 1.35 bits per heavy atom. The first-order valence-corrected chi connectivity index (χ1v) is 6.81. The summed E-state index contributed by atoms with van der Waals surface area (Å²) in [5.41, 5.74) is 6.48. The van der Waals surface area contributed by atoms with Crippen molar-refractivity contribution in [3.8, 4) is 0 Å². The van der Waals surface area contributed by atoms with E-state index in [0.717, 1.165) is 31.2 Å². The van der Waals surface area contributed by atoms with Gasteiger partial charge in [-0.1, -0.05) is 43.2 Å². The van der Waals surface area contributed by atoms with Crippen LogP contribution >= 0.6 is 12.4 Å². The Balaban J connectivity index is 0.00000200. The van der Waals surface area contributed by atoms with E-state index in [1.807, 2.05) is 30.3 Å². The van der Waals surface area contributed by atoms with Crippen LogP contribution in [-0.2, 0) is 9.53 Å². The van der Waals surface area contributed by atoms with Gasteiger partial charge < -0.3 is 15.8 Å². The summed E-state index contributed by atoms with van der Waals surface area (Å²) in [6, 6.07) is 9.54. The molecule has 1 aromatic carbocycles. The van der Waals surface area contributed by atoms with Gasteiger partial charge in [0.05, 0.1) is 5.54 Å². The third kappa shape index (κ3) is 3.72. The van der Waals surface area contributed by atoms with Gasteiger partial charge in [-0.3, -0.25) is 4.79 Å². The number of carbonyl (C=O) groups excluding carboxylic acids is 1. The first-order chi connectivity index (χ1) is 9.21. The molecule has 0 aliphatic heterocycles. The largest absolute Gasteiger partial charge is 0.367 e. The van der Waals surface area contributed by atoms with Crippen molar-refractivity contribution in [1.29, 1.82) is 0 Å². The zero-order valence-corrected chi connectivity index (χ0v) is 12.6. The van der Waals surface area contributed by atoms with Crippen molar-refractivity contribution in [3.05, 3.63) is 35.9 Å². The van der Waals surface area contributed by atoms with Gasteiger partial charge in [-0.05, 0) is 18.4 Å². The molecule has 0 saturated heterocycles. The average Bonchev–Trinajstić information content (AvgIpc) is 2.90. The Morgan fingerprint density at radius 3 is 2.45 bits per heavy atom. The van der Waals surface area contributed by atoms with Gasteiger partial charge in [0.15, 0.2) is 6.10 Å². The Morgan fingerprint density at radius 2 is 1.95 bits per heavy atom. The molecule has 0 aromatic heterocycles. The number of methoxy groups -OCH3 is 1. The Kier molecular flexibility index (Phi) is 6.46. The number of hydrogen-bond acceptors (Lipinski definition) is 3. The molecular formula is C15H23ClN2O2. The van der Waals surface area contributed by atoms with Crippen molar-refractivity contribution in [2.45, 2.75) is 37.3 Å². The molecule has 1 saturated carbocycles. The van der Waals surface area contributed by atoms with Crippen molar-refractivity contribution >= 4 is 18.3 Å². The quantitative estimate of drug-likeness (QED) is 0.876. The van der Waals surface area contributed by atoms with E-state index >= 15 is 0 Å². The Labute approximate surface area is 126 Å². The fourth-order valence-electron chi connectivity index (χ4n) is 2.78. The second-order valence-corrected chi connectivity index (χ2v) is 5.21. The van der Waals surface area contributed by atoms with Crippen LogP contribution in [0.4, 0.5) is 0 Å². The number of ether oxygens (including phenoxy) is 1. The standard InChI is InChI=1S/C15H22N2O2.ClH/c1-19-13(12-7-3-2-4-8-12)14(18)17-15(11-16)9-5-6-10-15;/h2-4,7-8,13H,5-6,9-11,16H2,1H3,(H,17,18);1H. The minimum Gasteiger partial charge on any atom is -0.367 e. The van der Waals surface area contributed by atoms with Crippen molar-refractivity contribution in [2.75, 3.05) is 13.7 Å². The van der Waals surface area contributed by atoms with Gasteiger partial charge in [0, 0.05) is 13.7 Å². The second kappa shape index (κ2) is 7.62. The Bertz CT molecular complexity index is 419. The van der Waals surface area contributed by atoms with E-state index < -0.39 is 6.10 Å². The lowest BCUT2D eigenvalue weighted by molar-refractivity contribution is -0.133. The van der Waals surface area contributed by atoms with Crippen LogP contribution in [0.3, 0.4) is 0 Å². The summed E-state index contributed by atoms with van der Waals surface area (Å²) < 4.78 is 5.35. The van der Waals surface area contributed by atoms with Gasteiger partial charge in [0.25, 0.3) is 5.91 Å². The number of nitrogens with two attached hydrogens (primary N) is 1. The number of nitrogens with one attached hydrogen (secondary N) is 1. The maximum absolute atomic E-state index is 12.4. The summed E-state index contributed by atoms with van der Waals surface area (Å²) in [7, 11) is 1.56. The molecule has 1 atom stereocenters. The first kappa shape index (κ1) is 17.0. The monoisotopic (exact) mass is 298 g/mol. The molecule has 1 aromatic rings. The summed E-state index contributed by atoms with van der Waals surface area (Å²) in [5.74, 6) is -0.0962. The predicted octanol–water partition coefficient (Wildman–Crippen LogP) is 2.18. The Hall–Kier alpha value is -1.10. The highest BCUT2D eigenvalue weighted by Crippen LogP contribution is 2.29. The highest BCUT2D eigenvalue weighted by molar-refractivity contribution is 5.85. The minimum absolute atomic E-state index is 0. The van der Waals surface area contributed by atoms with E-state index in [0.29, 0.717) is 6.54 Å². The van der Waals surface area contributed by atoms with E-state index in [-0.39, 0.29) is 23.9 Å². The molecule has 4 nitrogen and oxygen atoms in total. The molecule has 20 heavy (non-hydrogen) atoms. The summed E-state index contributed by atoms with van der Waals surface area (Å²) in [6.45, 7) is 0.490. The van der Waals surface area contributed by atoms with Crippen LogP contribution in [0.1, 0.15) is 37.4 Å². The van der Waals surface area contributed by atoms with Crippen LogP contribution < -0.4 is 11.1 Å². The van der Waals surface area contributed by atoms with Crippen LogP contribution in [0.15, 0.2) is 30.3 Å². The van der Waals surface area contributed by atoms with E-state index in [4.69, 9.17) is 10.5 Å². The maximum atomic E-state index is 12.4. The molecular weight excluding hydrogens is 276 g/mol.